The summed E-state index contributed by atoms with van der Waals surface area (Å²) in [6, 6.07) is 0.286. The summed E-state index contributed by atoms with van der Waals surface area (Å²) in [5.41, 5.74) is 0. The molecule has 0 bridgehead atoms. The van der Waals surface area contributed by atoms with Gasteiger partial charge in [-0.3, -0.25) is 0 Å². The molecule has 0 aliphatic rings. The van der Waals surface area contributed by atoms with Crippen LogP contribution in [0.5, 0.6) is 6.01 Å². The summed E-state index contributed by atoms with van der Waals surface area (Å²) in [6.45, 7) is 2.71. The van der Waals surface area contributed by atoms with Crippen LogP contribution in [0.2, 0.25) is 5.02 Å². The van der Waals surface area contributed by atoms with Gasteiger partial charge in [0.15, 0.2) is 5.82 Å². The monoisotopic (exact) mass is 263 g/mol. The van der Waals surface area contributed by atoms with Crippen molar-refractivity contribution in [3.8, 4) is 6.01 Å². The van der Waals surface area contributed by atoms with Crippen molar-refractivity contribution in [2.24, 2.45) is 0 Å². The molecule has 4 nitrogen and oxygen atoms in total. The zero-order chi connectivity index (χ0) is 12.0. The highest BCUT2D eigenvalue weighted by molar-refractivity contribution is 6.32. The zero-order valence-electron chi connectivity index (χ0n) is 9.33. The maximum absolute atomic E-state index is 6.08. The van der Waals surface area contributed by atoms with E-state index >= 15 is 0 Å². The number of nitrogens with zero attached hydrogens (tertiary/aromatic N) is 2. The minimum Gasteiger partial charge on any atom is -0.467 e. The van der Waals surface area contributed by atoms with Gasteiger partial charge >= 0.3 is 6.01 Å². The van der Waals surface area contributed by atoms with Gasteiger partial charge in [0.05, 0.1) is 18.7 Å². The molecule has 0 radical (unpaired) electrons. The Bertz CT molecular complexity index is 336. The molecule has 1 aromatic rings. The fourth-order valence-electron chi connectivity index (χ4n) is 1.20. The lowest BCUT2D eigenvalue weighted by Gasteiger charge is -2.11. The molecule has 0 aromatic carbocycles. The number of rotatable bonds is 6. The van der Waals surface area contributed by atoms with E-state index in [9.17, 15) is 0 Å². The van der Waals surface area contributed by atoms with Crippen LogP contribution in [0.25, 0.3) is 0 Å². The van der Waals surface area contributed by atoms with Crippen molar-refractivity contribution < 1.29 is 4.74 Å². The van der Waals surface area contributed by atoms with E-state index in [0.717, 1.165) is 12.8 Å². The molecule has 1 aromatic heterocycles. The van der Waals surface area contributed by atoms with Crippen molar-refractivity contribution in [2.45, 2.75) is 25.1 Å². The predicted molar refractivity (Wildman–Crippen MR) is 66.6 cm³/mol. The van der Waals surface area contributed by atoms with Gasteiger partial charge in [-0.1, -0.05) is 24.9 Å². The Kier molecular flexibility index (Phi) is 5.63. The molecule has 1 unspecified atom stereocenters. The van der Waals surface area contributed by atoms with E-state index < -0.39 is 0 Å². The first-order valence-electron chi connectivity index (χ1n) is 5.11. The number of nitrogens with one attached hydrogen (secondary N) is 1. The Labute approximate surface area is 105 Å². The molecular weight excluding hydrogens is 249 g/mol. The molecule has 0 aliphatic heterocycles. The van der Waals surface area contributed by atoms with Crippen molar-refractivity contribution in [1.82, 2.24) is 9.97 Å². The second-order valence-corrected chi connectivity index (χ2v) is 4.34. The van der Waals surface area contributed by atoms with Gasteiger partial charge < -0.3 is 10.1 Å². The molecule has 16 heavy (non-hydrogen) atoms. The third-order valence-electron chi connectivity index (χ3n) is 2.00. The molecule has 1 atom stereocenters. The maximum atomic E-state index is 6.08. The molecule has 1 heterocycles. The van der Waals surface area contributed by atoms with Gasteiger partial charge in [0.1, 0.15) is 5.02 Å². The Hall–Kier alpha value is -0.740. The first-order chi connectivity index (χ1) is 7.67. The number of hydrogen-bond donors (Lipinski definition) is 1. The van der Waals surface area contributed by atoms with Gasteiger partial charge in [-0.2, -0.15) is 4.98 Å². The van der Waals surface area contributed by atoms with E-state index in [1.165, 1.54) is 13.3 Å². The van der Waals surface area contributed by atoms with Gasteiger partial charge in [0.2, 0.25) is 0 Å². The highest BCUT2D eigenvalue weighted by atomic mass is 35.5. The number of alkyl halides is 1. The third-order valence-corrected chi connectivity index (χ3v) is 2.65. The van der Waals surface area contributed by atoms with Crippen molar-refractivity contribution in [3.05, 3.63) is 11.2 Å². The van der Waals surface area contributed by atoms with Gasteiger partial charge in [0.25, 0.3) is 0 Å². The van der Waals surface area contributed by atoms with Gasteiger partial charge in [-0.05, 0) is 6.42 Å². The molecular formula is C10H15Cl2N3O. The van der Waals surface area contributed by atoms with E-state index in [2.05, 4.69) is 22.2 Å². The number of methoxy groups -OCH3 is 1. The molecule has 0 spiro atoms. The fraction of sp³-hybridized carbons (Fsp3) is 0.600. The lowest BCUT2D eigenvalue weighted by atomic mass is 10.2. The normalized spacial score (nSPS) is 12.2. The number of hydrogen-bond acceptors (Lipinski definition) is 4. The highest BCUT2D eigenvalue weighted by Gasteiger charge is 2.08. The van der Waals surface area contributed by atoms with Crippen LogP contribution in [0.15, 0.2) is 6.20 Å². The standard InChI is InChI=1S/C10H15Cl2N3O/c1-3-4-7(11)5-13-9-8(12)6-14-10(15-9)16-2/h6-7H,3-5H2,1-2H3,(H,13,14,15). The van der Waals surface area contributed by atoms with E-state index in [1.54, 1.807) is 0 Å². The lowest BCUT2D eigenvalue weighted by Crippen LogP contribution is -2.15. The summed E-state index contributed by atoms with van der Waals surface area (Å²) in [4.78, 5) is 7.97. The largest absolute Gasteiger partial charge is 0.467 e. The van der Waals surface area contributed by atoms with Gasteiger partial charge in [0, 0.05) is 6.54 Å². The first-order valence-corrected chi connectivity index (χ1v) is 5.93. The molecule has 6 heteroatoms. The van der Waals surface area contributed by atoms with Crippen LogP contribution in [0, 0.1) is 0 Å². The second-order valence-electron chi connectivity index (χ2n) is 3.32. The summed E-state index contributed by atoms with van der Waals surface area (Å²) in [5.74, 6) is 0.551. The van der Waals surface area contributed by atoms with Crippen LogP contribution in [-0.4, -0.2) is 29.0 Å². The fourth-order valence-corrected chi connectivity index (χ4v) is 1.65. The summed E-state index contributed by atoms with van der Waals surface area (Å²) >= 11 is 12.0. The molecule has 0 amide bonds. The summed E-state index contributed by atoms with van der Waals surface area (Å²) in [6.07, 6.45) is 3.50. The van der Waals surface area contributed by atoms with E-state index in [1.807, 2.05) is 0 Å². The first kappa shape index (κ1) is 13.3. The molecule has 1 rings (SSSR count). The average molecular weight is 264 g/mol. The third kappa shape index (κ3) is 4.02. The van der Waals surface area contributed by atoms with Crippen LogP contribution in [0.4, 0.5) is 5.82 Å². The molecule has 0 saturated heterocycles. The van der Waals surface area contributed by atoms with Crippen LogP contribution in [-0.2, 0) is 0 Å². The minimum absolute atomic E-state index is 0.0713. The van der Waals surface area contributed by atoms with Crippen LogP contribution < -0.4 is 10.1 Å². The van der Waals surface area contributed by atoms with Crippen LogP contribution >= 0.6 is 23.2 Å². The summed E-state index contributed by atoms with van der Waals surface area (Å²) in [5, 5.41) is 3.61. The topological polar surface area (TPSA) is 47.0 Å². The van der Waals surface area contributed by atoms with Gasteiger partial charge in [-0.25, -0.2) is 4.98 Å². The Morgan fingerprint density at radius 1 is 1.56 bits per heavy atom. The molecule has 0 aliphatic carbocycles. The maximum Gasteiger partial charge on any atom is 0.318 e. The highest BCUT2D eigenvalue weighted by Crippen LogP contribution is 2.20. The minimum atomic E-state index is 0.0713. The van der Waals surface area contributed by atoms with E-state index in [4.69, 9.17) is 27.9 Å². The number of halogens is 2. The second kappa shape index (κ2) is 6.76. The Balaban J connectivity index is 2.58. The van der Waals surface area contributed by atoms with Gasteiger partial charge in [-0.15, -0.1) is 11.6 Å². The average Bonchev–Trinajstić information content (AvgIpc) is 2.28. The smallest absolute Gasteiger partial charge is 0.318 e. The number of aromatic nitrogens is 2. The molecule has 1 N–H and O–H groups in total. The van der Waals surface area contributed by atoms with Crippen LogP contribution in [0.1, 0.15) is 19.8 Å². The van der Waals surface area contributed by atoms with Crippen molar-refractivity contribution in [1.29, 1.82) is 0 Å². The lowest BCUT2D eigenvalue weighted by molar-refractivity contribution is 0.380. The quantitative estimate of drug-likeness (QED) is 0.802. The van der Waals surface area contributed by atoms with Crippen molar-refractivity contribution >= 4 is 29.0 Å². The zero-order valence-corrected chi connectivity index (χ0v) is 10.8. The molecule has 0 saturated carbocycles. The van der Waals surface area contributed by atoms with Crippen LogP contribution in [0.3, 0.4) is 0 Å². The van der Waals surface area contributed by atoms with E-state index in [0.29, 0.717) is 17.4 Å². The predicted octanol–water partition coefficient (Wildman–Crippen LogP) is 2.96. The van der Waals surface area contributed by atoms with Crippen molar-refractivity contribution in [2.75, 3.05) is 19.0 Å². The summed E-state index contributed by atoms with van der Waals surface area (Å²) < 4.78 is 4.91. The molecule has 90 valence electrons. The van der Waals surface area contributed by atoms with E-state index in [-0.39, 0.29) is 11.4 Å². The SMILES string of the molecule is CCCC(Cl)CNc1nc(OC)ncc1Cl. The Morgan fingerprint density at radius 3 is 2.94 bits per heavy atom. The Morgan fingerprint density at radius 2 is 2.31 bits per heavy atom. The number of anilines is 1. The molecule has 0 fully saturated rings. The summed E-state index contributed by atoms with van der Waals surface area (Å²) in [7, 11) is 1.51. The van der Waals surface area contributed by atoms with Crippen molar-refractivity contribution in [3.63, 3.8) is 0 Å². The number of ether oxygens (including phenoxy) is 1.